The number of rotatable bonds is 3. The number of nitrogens with zero attached hydrogens (tertiary/aromatic N) is 4. The first kappa shape index (κ1) is 13.3. The molecule has 0 spiro atoms. The Bertz CT molecular complexity index is 672. The Morgan fingerprint density at radius 3 is 3.00 bits per heavy atom. The lowest BCUT2D eigenvalue weighted by Crippen LogP contribution is -2.23. The molecule has 1 fully saturated rings. The summed E-state index contributed by atoms with van der Waals surface area (Å²) in [6, 6.07) is 4.19. The molecule has 0 radical (unpaired) electrons. The summed E-state index contributed by atoms with van der Waals surface area (Å²) in [5, 5.41) is 16.1. The average Bonchev–Trinajstić information content (AvgIpc) is 3.02. The zero-order chi connectivity index (χ0) is 14.7. The van der Waals surface area contributed by atoms with Crippen molar-refractivity contribution in [1.29, 1.82) is 5.26 Å². The summed E-state index contributed by atoms with van der Waals surface area (Å²) in [5.74, 6) is 0.550. The van der Waals surface area contributed by atoms with E-state index in [4.69, 9.17) is 5.73 Å². The first-order valence-electron chi connectivity index (χ1n) is 6.72. The molecule has 106 valence electrons. The number of nitrogens with two attached hydrogens (primary N) is 1. The molecule has 0 amide bonds. The molecule has 0 aromatic carbocycles. The van der Waals surface area contributed by atoms with E-state index in [2.05, 4.69) is 31.7 Å². The number of pyridine rings is 1. The van der Waals surface area contributed by atoms with Gasteiger partial charge in [-0.15, -0.1) is 0 Å². The van der Waals surface area contributed by atoms with Crippen molar-refractivity contribution >= 4 is 11.5 Å². The predicted octanol–water partition coefficient (Wildman–Crippen LogP) is 0.766. The number of hydrogen-bond acceptors (Lipinski definition) is 7. The van der Waals surface area contributed by atoms with Crippen molar-refractivity contribution in [3.63, 3.8) is 0 Å². The minimum Gasteiger partial charge on any atom is -0.397 e. The van der Waals surface area contributed by atoms with E-state index in [1.807, 2.05) is 0 Å². The maximum absolute atomic E-state index is 9.51. The second-order valence-corrected chi connectivity index (χ2v) is 4.85. The quantitative estimate of drug-likeness (QED) is 0.761. The molecule has 0 bridgehead atoms. The largest absolute Gasteiger partial charge is 0.397 e. The lowest BCUT2D eigenvalue weighted by Gasteiger charge is -2.16. The molecule has 3 rings (SSSR count). The number of hydrogen-bond donors (Lipinski definition) is 3. The van der Waals surface area contributed by atoms with Crippen LogP contribution in [0, 0.1) is 11.3 Å². The van der Waals surface area contributed by atoms with Gasteiger partial charge < -0.3 is 16.4 Å². The molecule has 1 atom stereocenters. The molecule has 1 saturated heterocycles. The van der Waals surface area contributed by atoms with E-state index < -0.39 is 0 Å². The predicted molar refractivity (Wildman–Crippen MR) is 79.3 cm³/mol. The van der Waals surface area contributed by atoms with Crippen molar-refractivity contribution in [2.24, 2.45) is 0 Å². The number of nitrogens with one attached hydrogen (secondary N) is 2. The molecule has 0 saturated carbocycles. The molecule has 2 aromatic rings. The third-order valence-electron chi connectivity index (χ3n) is 3.46. The molecule has 1 unspecified atom stereocenters. The van der Waals surface area contributed by atoms with Crippen LogP contribution in [-0.2, 0) is 0 Å². The lowest BCUT2D eigenvalue weighted by atomic mass is 10.0. The second-order valence-electron chi connectivity index (χ2n) is 4.85. The normalized spacial score (nSPS) is 17.4. The zero-order valence-electron chi connectivity index (χ0n) is 11.4. The maximum Gasteiger partial charge on any atom is 0.145 e. The third kappa shape index (κ3) is 2.61. The highest BCUT2D eigenvalue weighted by molar-refractivity contribution is 5.83. The number of nitrogen functional groups attached to an aromatic ring is 1. The van der Waals surface area contributed by atoms with E-state index in [-0.39, 0.29) is 6.04 Å². The van der Waals surface area contributed by atoms with Crippen LogP contribution in [0.15, 0.2) is 24.8 Å². The molecule has 7 nitrogen and oxygen atoms in total. The molecule has 2 aromatic heterocycles. The summed E-state index contributed by atoms with van der Waals surface area (Å²) in [6.07, 6.45) is 5.62. The summed E-state index contributed by atoms with van der Waals surface area (Å²) < 4.78 is 0. The van der Waals surface area contributed by atoms with Gasteiger partial charge in [-0.3, -0.25) is 0 Å². The second kappa shape index (κ2) is 5.73. The van der Waals surface area contributed by atoms with E-state index in [0.717, 1.165) is 19.5 Å². The van der Waals surface area contributed by atoms with Gasteiger partial charge in [-0.2, -0.15) is 5.26 Å². The summed E-state index contributed by atoms with van der Waals surface area (Å²) in [4.78, 5) is 12.3. The van der Waals surface area contributed by atoms with Gasteiger partial charge in [0.2, 0.25) is 0 Å². The minimum atomic E-state index is 0.270. The van der Waals surface area contributed by atoms with Crippen LogP contribution in [0.1, 0.15) is 12.0 Å². The SMILES string of the molecule is N#Cc1c(NC2CCNC2)ncc(N)c1-c1ccncn1. The van der Waals surface area contributed by atoms with Gasteiger partial charge in [0, 0.05) is 24.3 Å². The fraction of sp³-hybridized carbons (Fsp3) is 0.286. The highest BCUT2D eigenvalue weighted by Gasteiger charge is 2.20. The van der Waals surface area contributed by atoms with Crippen molar-refractivity contribution in [2.45, 2.75) is 12.5 Å². The summed E-state index contributed by atoms with van der Waals surface area (Å²) in [5.41, 5.74) is 8.06. The van der Waals surface area contributed by atoms with E-state index in [9.17, 15) is 5.26 Å². The molecule has 4 N–H and O–H groups in total. The van der Waals surface area contributed by atoms with Crippen molar-refractivity contribution < 1.29 is 0 Å². The van der Waals surface area contributed by atoms with Gasteiger partial charge in [0.1, 0.15) is 23.8 Å². The summed E-state index contributed by atoms with van der Waals surface area (Å²) in [6.45, 7) is 1.83. The van der Waals surface area contributed by atoms with Crippen LogP contribution in [0.5, 0.6) is 0 Å². The molecule has 7 heteroatoms. The van der Waals surface area contributed by atoms with E-state index in [1.165, 1.54) is 6.33 Å². The van der Waals surface area contributed by atoms with Crippen LogP contribution in [0.2, 0.25) is 0 Å². The van der Waals surface area contributed by atoms with Gasteiger partial charge in [0.25, 0.3) is 0 Å². The molecular formula is C14H15N7. The topological polar surface area (TPSA) is 113 Å². The molecule has 21 heavy (non-hydrogen) atoms. The van der Waals surface area contributed by atoms with Gasteiger partial charge in [-0.25, -0.2) is 15.0 Å². The third-order valence-corrected chi connectivity index (χ3v) is 3.46. The Hall–Kier alpha value is -2.72. The fourth-order valence-electron chi connectivity index (χ4n) is 2.43. The lowest BCUT2D eigenvalue weighted by molar-refractivity contribution is 0.787. The van der Waals surface area contributed by atoms with Gasteiger partial charge in [0.05, 0.1) is 17.6 Å². The molecule has 1 aliphatic heterocycles. The first-order valence-corrected chi connectivity index (χ1v) is 6.72. The Balaban J connectivity index is 2.05. The van der Waals surface area contributed by atoms with Crippen LogP contribution in [-0.4, -0.2) is 34.1 Å². The fourth-order valence-corrected chi connectivity index (χ4v) is 2.43. The number of nitriles is 1. The smallest absolute Gasteiger partial charge is 0.145 e. The van der Waals surface area contributed by atoms with Gasteiger partial charge in [-0.05, 0) is 19.0 Å². The summed E-state index contributed by atoms with van der Waals surface area (Å²) >= 11 is 0. The highest BCUT2D eigenvalue weighted by Crippen LogP contribution is 2.31. The Kier molecular flexibility index (Phi) is 3.62. The highest BCUT2D eigenvalue weighted by atomic mass is 15.1. The monoisotopic (exact) mass is 281 g/mol. The maximum atomic E-state index is 9.51. The Morgan fingerprint density at radius 2 is 2.33 bits per heavy atom. The van der Waals surface area contributed by atoms with Gasteiger partial charge in [-0.1, -0.05) is 0 Å². The van der Waals surface area contributed by atoms with Crippen LogP contribution in [0.3, 0.4) is 0 Å². The number of anilines is 2. The minimum absolute atomic E-state index is 0.270. The summed E-state index contributed by atoms with van der Waals surface area (Å²) in [7, 11) is 0. The number of aromatic nitrogens is 3. The van der Waals surface area contributed by atoms with Gasteiger partial charge >= 0.3 is 0 Å². The van der Waals surface area contributed by atoms with E-state index in [1.54, 1.807) is 18.5 Å². The van der Waals surface area contributed by atoms with Crippen molar-refractivity contribution in [3.05, 3.63) is 30.4 Å². The van der Waals surface area contributed by atoms with E-state index >= 15 is 0 Å². The van der Waals surface area contributed by atoms with Crippen LogP contribution < -0.4 is 16.4 Å². The average molecular weight is 281 g/mol. The van der Waals surface area contributed by atoms with Crippen molar-refractivity contribution in [2.75, 3.05) is 24.1 Å². The van der Waals surface area contributed by atoms with Crippen molar-refractivity contribution in [1.82, 2.24) is 20.3 Å². The van der Waals surface area contributed by atoms with Crippen LogP contribution >= 0.6 is 0 Å². The van der Waals surface area contributed by atoms with Crippen LogP contribution in [0.4, 0.5) is 11.5 Å². The Morgan fingerprint density at radius 1 is 1.43 bits per heavy atom. The molecule has 1 aliphatic rings. The first-order chi connectivity index (χ1) is 10.3. The molecule has 0 aliphatic carbocycles. The standard InChI is InChI=1S/C14H15N7/c15-5-10-13(12-2-4-18-8-20-12)11(16)7-19-14(10)21-9-1-3-17-6-9/h2,4,7-9,17H,1,3,6,16H2,(H,19,21). The van der Waals surface area contributed by atoms with E-state index in [0.29, 0.717) is 28.3 Å². The van der Waals surface area contributed by atoms with Crippen LogP contribution in [0.25, 0.3) is 11.3 Å². The van der Waals surface area contributed by atoms with Crippen molar-refractivity contribution in [3.8, 4) is 17.3 Å². The molecule has 3 heterocycles. The Labute approximate surface area is 122 Å². The zero-order valence-corrected chi connectivity index (χ0v) is 11.4. The molecular weight excluding hydrogens is 266 g/mol. The van der Waals surface area contributed by atoms with Gasteiger partial charge in [0.15, 0.2) is 0 Å².